The van der Waals surface area contributed by atoms with Gasteiger partial charge in [-0.05, 0) is 24.3 Å². The van der Waals surface area contributed by atoms with Gasteiger partial charge in [0.25, 0.3) is 5.91 Å². The number of carbonyl (C=O) groups excluding carboxylic acids is 1. The maximum atomic E-state index is 12.5. The molecule has 1 heterocycles. The first-order valence-corrected chi connectivity index (χ1v) is 6.71. The summed E-state index contributed by atoms with van der Waals surface area (Å²) in [4.78, 5) is 18.4. The summed E-state index contributed by atoms with van der Waals surface area (Å²) in [6, 6.07) is 10.9. The molecule has 0 atom stereocenters. The minimum atomic E-state index is -0.116. The Bertz CT molecular complexity index is 614. The molecule has 0 radical (unpaired) electrons. The van der Waals surface area contributed by atoms with Gasteiger partial charge < -0.3 is 15.4 Å². The van der Waals surface area contributed by atoms with Gasteiger partial charge in [0.15, 0.2) is 5.75 Å². The lowest BCUT2D eigenvalue weighted by molar-refractivity contribution is 0.0793. The molecule has 1 amide bonds. The predicted octanol–water partition coefficient (Wildman–Crippen LogP) is 1.99. The number of nitrogens with zero attached hydrogens (tertiary/aromatic N) is 2. The van der Waals surface area contributed by atoms with E-state index < -0.39 is 0 Å². The molecule has 0 aliphatic heterocycles. The molecule has 110 valence electrons. The number of para-hydroxylation sites is 1. The van der Waals surface area contributed by atoms with Gasteiger partial charge in [-0.1, -0.05) is 12.1 Å². The lowest BCUT2D eigenvalue weighted by Gasteiger charge is -2.19. The lowest BCUT2D eigenvalue weighted by Crippen LogP contribution is -2.29. The van der Waals surface area contributed by atoms with E-state index in [1.54, 1.807) is 36.3 Å². The molecule has 0 saturated carbocycles. The van der Waals surface area contributed by atoms with Gasteiger partial charge in [-0.2, -0.15) is 0 Å². The molecule has 2 N–H and O–H groups in total. The molecule has 0 spiro atoms. The van der Waals surface area contributed by atoms with Crippen molar-refractivity contribution in [3.8, 4) is 5.75 Å². The minimum absolute atomic E-state index is 0.116. The predicted molar refractivity (Wildman–Crippen MR) is 82.3 cm³/mol. The summed E-state index contributed by atoms with van der Waals surface area (Å²) in [6.07, 6.45) is 2.45. The molecule has 1 aromatic carbocycles. The number of methoxy groups -OCH3 is 1. The van der Waals surface area contributed by atoms with Crippen molar-refractivity contribution in [1.29, 1.82) is 0 Å². The number of carbonyl (C=O) groups is 1. The monoisotopic (exact) mass is 285 g/mol. The van der Waals surface area contributed by atoms with Crippen LogP contribution in [-0.4, -0.2) is 36.5 Å². The number of benzene rings is 1. The Balaban J connectivity index is 2.07. The Hall–Kier alpha value is -2.56. The first-order chi connectivity index (χ1) is 10.1. The highest BCUT2D eigenvalue weighted by molar-refractivity contribution is 5.98. The summed E-state index contributed by atoms with van der Waals surface area (Å²) in [5.41, 5.74) is 7.72. The molecule has 5 heteroatoms. The fourth-order valence-electron chi connectivity index (χ4n) is 2.09. The van der Waals surface area contributed by atoms with Crippen molar-refractivity contribution < 1.29 is 9.53 Å². The third-order valence-corrected chi connectivity index (χ3v) is 3.26. The number of nitrogens with two attached hydrogens (primary N) is 1. The van der Waals surface area contributed by atoms with E-state index in [2.05, 4.69) is 4.98 Å². The Morgan fingerprint density at radius 2 is 2.10 bits per heavy atom. The standard InChI is InChI=1S/C16H19N3O2/c1-19(11-9-12-6-3-4-10-18-12)16(20)13-7-5-8-14(17)15(13)21-2/h3-8,10H,9,11,17H2,1-2H3. The number of hydrogen-bond donors (Lipinski definition) is 1. The van der Waals surface area contributed by atoms with Crippen molar-refractivity contribution in [3.63, 3.8) is 0 Å². The summed E-state index contributed by atoms with van der Waals surface area (Å²) in [7, 11) is 3.27. The normalized spacial score (nSPS) is 10.2. The maximum Gasteiger partial charge on any atom is 0.257 e. The SMILES string of the molecule is COc1c(N)cccc1C(=O)N(C)CCc1ccccn1. The van der Waals surface area contributed by atoms with Crippen molar-refractivity contribution >= 4 is 11.6 Å². The minimum Gasteiger partial charge on any atom is -0.494 e. The molecular formula is C16H19N3O2. The molecule has 0 bridgehead atoms. The van der Waals surface area contributed by atoms with Gasteiger partial charge in [-0.15, -0.1) is 0 Å². The van der Waals surface area contributed by atoms with E-state index in [1.165, 1.54) is 7.11 Å². The maximum absolute atomic E-state index is 12.5. The second-order valence-electron chi connectivity index (χ2n) is 4.73. The number of aromatic nitrogens is 1. The Labute approximate surface area is 124 Å². The number of pyridine rings is 1. The van der Waals surface area contributed by atoms with Crippen LogP contribution in [0.15, 0.2) is 42.6 Å². The first kappa shape index (κ1) is 14.8. The van der Waals surface area contributed by atoms with E-state index >= 15 is 0 Å². The van der Waals surface area contributed by atoms with Gasteiger partial charge >= 0.3 is 0 Å². The quantitative estimate of drug-likeness (QED) is 0.853. The number of anilines is 1. The molecule has 0 aliphatic carbocycles. The molecule has 0 fully saturated rings. The van der Waals surface area contributed by atoms with E-state index in [0.717, 1.165) is 5.69 Å². The molecule has 21 heavy (non-hydrogen) atoms. The van der Waals surface area contributed by atoms with E-state index in [9.17, 15) is 4.79 Å². The smallest absolute Gasteiger partial charge is 0.257 e. The molecular weight excluding hydrogens is 266 g/mol. The van der Waals surface area contributed by atoms with Crippen LogP contribution in [0.4, 0.5) is 5.69 Å². The summed E-state index contributed by atoms with van der Waals surface area (Å²) >= 11 is 0. The van der Waals surface area contributed by atoms with Crippen LogP contribution in [0.1, 0.15) is 16.1 Å². The first-order valence-electron chi connectivity index (χ1n) is 6.71. The second kappa shape index (κ2) is 6.74. The topological polar surface area (TPSA) is 68.5 Å². The third-order valence-electron chi connectivity index (χ3n) is 3.26. The van der Waals surface area contributed by atoms with Crippen LogP contribution in [0, 0.1) is 0 Å². The zero-order valence-electron chi connectivity index (χ0n) is 12.2. The van der Waals surface area contributed by atoms with Gasteiger partial charge in [0.05, 0.1) is 18.4 Å². The molecule has 1 aromatic heterocycles. The van der Waals surface area contributed by atoms with Crippen LogP contribution < -0.4 is 10.5 Å². The van der Waals surface area contributed by atoms with Gasteiger partial charge in [0, 0.05) is 31.9 Å². The number of likely N-dealkylation sites (N-methyl/N-ethyl adjacent to an activating group) is 1. The number of ether oxygens (including phenoxy) is 1. The third kappa shape index (κ3) is 3.51. The van der Waals surface area contributed by atoms with Crippen molar-refractivity contribution in [2.45, 2.75) is 6.42 Å². The van der Waals surface area contributed by atoms with Gasteiger partial charge in [0.2, 0.25) is 0 Å². The summed E-state index contributed by atoms with van der Waals surface area (Å²) in [5.74, 6) is 0.308. The van der Waals surface area contributed by atoms with Crippen LogP contribution in [-0.2, 0) is 6.42 Å². The zero-order valence-corrected chi connectivity index (χ0v) is 12.2. The van der Waals surface area contributed by atoms with E-state index in [4.69, 9.17) is 10.5 Å². The van der Waals surface area contributed by atoms with Crippen LogP contribution in [0.3, 0.4) is 0 Å². The fourth-order valence-corrected chi connectivity index (χ4v) is 2.09. The molecule has 0 aliphatic rings. The van der Waals surface area contributed by atoms with E-state index in [-0.39, 0.29) is 5.91 Å². The van der Waals surface area contributed by atoms with Crippen molar-refractivity contribution in [1.82, 2.24) is 9.88 Å². The Morgan fingerprint density at radius 1 is 1.29 bits per heavy atom. The Kier molecular flexibility index (Phi) is 4.77. The number of rotatable bonds is 5. The highest BCUT2D eigenvalue weighted by Gasteiger charge is 2.18. The fraction of sp³-hybridized carbons (Fsp3) is 0.250. The Morgan fingerprint density at radius 3 is 2.76 bits per heavy atom. The van der Waals surface area contributed by atoms with Crippen LogP contribution in [0.5, 0.6) is 5.75 Å². The second-order valence-corrected chi connectivity index (χ2v) is 4.73. The van der Waals surface area contributed by atoms with Crippen molar-refractivity contribution in [3.05, 3.63) is 53.9 Å². The van der Waals surface area contributed by atoms with Crippen LogP contribution >= 0.6 is 0 Å². The highest BCUT2D eigenvalue weighted by atomic mass is 16.5. The summed E-state index contributed by atoms with van der Waals surface area (Å²) in [5, 5.41) is 0. The van der Waals surface area contributed by atoms with E-state index in [0.29, 0.717) is 30.0 Å². The lowest BCUT2D eigenvalue weighted by atomic mass is 10.1. The van der Waals surface area contributed by atoms with Gasteiger partial charge in [-0.25, -0.2) is 0 Å². The van der Waals surface area contributed by atoms with Crippen LogP contribution in [0.25, 0.3) is 0 Å². The van der Waals surface area contributed by atoms with Crippen molar-refractivity contribution in [2.75, 3.05) is 26.4 Å². The molecule has 2 aromatic rings. The summed E-state index contributed by atoms with van der Waals surface area (Å²) in [6.45, 7) is 0.577. The molecule has 0 unspecified atom stereocenters. The summed E-state index contributed by atoms with van der Waals surface area (Å²) < 4.78 is 5.23. The average Bonchev–Trinajstić information content (AvgIpc) is 2.52. The average molecular weight is 285 g/mol. The van der Waals surface area contributed by atoms with Crippen LogP contribution in [0.2, 0.25) is 0 Å². The number of amides is 1. The highest BCUT2D eigenvalue weighted by Crippen LogP contribution is 2.26. The largest absolute Gasteiger partial charge is 0.494 e. The van der Waals surface area contributed by atoms with Crippen molar-refractivity contribution in [2.24, 2.45) is 0 Å². The molecule has 0 saturated heterocycles. The number of hydrogen-bond acceptors (Lipinski definition) is 4. The molecule has 5 nitrogen and oxygen atoms in total. The van der Waals surface area contributed by atoms with Gasteiger partial charge in [-0.3, -0.25) is 9.78 Å². The van der Waals surface area contributed by atoms with Gasteiger partial charge in [0.1, 0.15) is 0 Å². The van der Waals surface area contributed by atoms with E-state index in [1.807, 2.05) is 18.2 Å². The molecule has 2 rings (SSSR count). The zero-order chi connectivity index (χ0) is 15.2. The number of nitrogen functional groups attached to an aromatic ring is 1.